The first-order chi connectivity index (χ1) is 7.47. The van der Waals surface area contributed by atoms with Crippen LogP contribution in [0, 0.1) is 19.8 Å². The average Bonchev–Trinajstić information content (AvgIpc) is 2.51. The molecule has 0 aliphatic rings. The van der Waals surface area contributed by atoms with E-state index in [2.05, 4.69) is 25.0 Å². The van der Waals surface area contributed by atoms with Crippen LogP contribution < -0.4 is 0 Å². The average molecular weight is 219 g/mol. The Morgan fingerprint density at radius 1 is 1.50 bits per heavy atom. The van der Waals surface area contributed by atoms with Crippen molar-refractivity contribution in [2.24, 2.45) is 5.92 Å². The highest BCUT2D eigenvalue weighted by Crippen LogP contribution is 2.17. The Morgan fingerprint density at radius 3 is 2.62 bits per heavy atom. The van der Waals surface area contributed by atoms with E-state index in [-0.39, 0.29) is 5.78 Å². The number of hydrogen-bond acceptors (Lipinski definition) is 1. The minimum atomic E-state index is 0.0175. The first-order valence-electron chi connectivity index (χ1n) is 5.80. The van der Waals surface area contributed by atoms with Crippen molar-refractivity contribution in [1.29, 1.82) is 0 Å². The van der Waals surface area contributed by atoms with Gasteiger partial charge in [0.15, 0.2) is 5.78 Å². The minimum absolute atomic E-state index is 0.0175. The molecule has 0 aliphatic heterocycles. The third-order valence-electron chi connectivity index (χ3n) is 2.95. The summed E-state index contributed by atoms with van der Waals surface area (Å²) in [5.41, 5.74) is 3.00. The monoisotopic (exact) mass is 219 g/mol. The van der Waals surface area contributed by atoms with Crippen LogP contribution in [0.2, 0.25) is 0 Å². The largest absolute Gasteiger partial charge is 0.348 e. The molecule has 16 heavy (non-hydrogen) atoms. The van der Waals surface area contributed by atoms with Gasteiger partial charge in [-0.25, -0.2) is 0 Å². The van der Waals surface area contributed by atoms with Gasteiger partial charge < -0.3 is 4.57 Å². The maximum Gasteiger partial charge on any atom is 0.187 e. The highest BCUT2D eigenvalue weighted by molar-refractivity contribution is 6.05. The fourth-order valence-corrected chi connectivity index (χ4v) is 1.89. The van der Waals surface area contributed by atoms with Crippen molar-refractivity contribution in [3.05, 3.63) is 35.7 Å². The van der Waals surface area contributed by atoms with E-state index in [0.29, 0.717) is 5.92 Å². The standard InChI is InChI=1S/C14H21NO/c1-6-14(16)13-9-11(4)15(12(13)5)8-7-10(2)3/h6,9-10H,1,7-8H2,2-5H3. The first kappa shape index (κ1) is 12.8. The van der Waals surface area contributed by atoms with Gasteiger partial charge >= 0.3 is 0 Å². The lowest BCUT2D eigenvalue weighted by Gasteiger charge is -2.11. The smallest absolute Gasteiger partial charge is 0.187 e. The SMILES string of the molecule is C=CC(=O)c1cc(C)n(CCC(C)C)c1C. The Kier molecular flexibility index (Phi) is 4.11. The van der Waals surface area contributed by atoms with Crippen LogP contribution in [-0.4, -0.2) is 10.4 Å². The summed E-state index contributed by atoms with van der Waals surface area (Å²) in [6.07, 6.45) is 2.52. The molecule has 0 saturated heterocycles. The fraction of sp³-hybridized carbons (Fsp3) is 0.500. The van der Waals surface area contributed by atoms with Gasteiger partial charge in [0.05, 0.1) is 0 Å². The summed E-state index contributed by atoms with van der Waals surface area (Å²) in [6, 6.07) is 1.96. The van der Waals surface area contributed by atoms with Crippen LogP contribution in [-0.2, 0) is 6.54 Å². The molecule has 0 spiro atoms. The highest BCUT2D eigenvalue weighted by Gasteiger charge is 2.13. The number of allylic oxidation sites excluding steroid dienone is 1. The van der Waals surface area contributed by atoms with Crippen LogP contribution in [0.25, 0.3) is 0 Å². The number of rotatable bonds is 5. The number of carbonyl (C=O) groups is 1. The van der Waals surface area contributed by atoms with Crippen molar-refractivity contribution in [3.63, 3.8) is 0 Å². The van der Waals surface area contributed by atoms with E-state index in [1.54, 1.807) is 0 Å². The lowest BCUT2D eigenvalue weighted by Crippen LogP contribution is -2.06. The summed E-state index contributed by atoms with van der Waals surface area (Å²) in [4.78, 5) is 11.6. The van der Waals surface area contributed by atoms with E-state index in [0.717, 1.165) is 29.9 Å². The van der Waals surface area contributed by atoms with E-state index in [9.17, 15) is 4.79 Å². The number of ketones is 1. The van der Waals surface area contributed by atoms with Gasteiger partial charge in [0.2, 0.25) is 0 Å². The Labute approximate surface area is 98.0 Å². The zero-order valence-electron chi connectivity index (χ0n) is 10.7. The molecule has 2 nitrogen and oxygen atoms in total. The van der Waals surface area contributed by atoms with Gasteiger partial charge in [-0.2, -0.15) is 0 Å². The number of nitrogens with zero attached hydrogens (tertiary/aromatic N) is 1. The number of hydrogen-bond donors (Lipinski definition) is 0. The van der Waals surface area contributed by atoms with Crippen LogP contribution in [0.15, 0.2) is 18.7 Å². The third-order valence-corrected chi connectivity index (χ3v) is 2.95. The van der Waals surface area contributed by atoms with Gasteiger partial charge in [0.1, 0.15) is 0 Å². The Morgan fingerprint density at radius 2 is 2.12 bits per heavy atom. The molecule has 1 rings (SSSR count). The molecule has 0 radical (unpaired) electrons. The Bertz CT molecular complexity index is 399. The second kappa shape index (κ2) is 5.15. The van der Waals surface area contributed by atoms with Crippen LogP contribution in [0.3, 0.4) is 0 Å². The van der Waals surface area contributed by atoms with Gasteiger partial charge in [0.25, 0.3) is 0 Å². The zero-order valence-corrected chi connectivity index (χ0v) is 10.7. The van der Waals surface area contributed by atoms with E-state index < -0.39 is 0 Å². The molecule has 2 heteroatoms. The minimum Gasteiger partial charge on any atom is -0.348 e. The number of aromatic nitrogens is 1. The summed E-state index contributed by atoms with van der Waals surface area (Å²) < 4.78 is 2.22. The molecule has 1 aromatic rings. The molecule has 0 aromatic carbocycles. The molecule has 0 amide bonds. The molecular weight excluding hydrogens is 198 g/mol. The zero-order chi connectivity index (χ0) is 12.3. The van der Waals surface area contributed by atoms with Crippen molar-refractivity contribution in [1.82, 2.24) is 4.57 Å². The summed E-state index contributed by atoms with van der Waals surface area (Å²) in [7, 11) is 0. The molecule has 0 atom stereocenters. The number of aryl methyl sites for hydroxylation is 1. The molecule has 0 saturated carbocycles. The Balaban J connectivity index is 2.97. The first-order valence-corrected chi connectivity index (χ1v) is 5.80. The maximum absolute atomic E-state index is 11.6. The third kappa shape index (κ3) is 2.63. The fourth-order valence-electron chi connectivity index (χ4n) is 1.89. The van der Waals surface area contributed by atoms with E-state index in [1.807, 2.05) is 19.9 Å². The van der Waals surface area contributed by atoms with Gasteiger partial charge in [-0.1, -0.05) is 20.4 Å². The van der Waals surface area contributed by atoms with E-state index in [4.69, 9.17) is 0 Å². The molecular formula is C14H21NO. The molecule has 0 fully saturated rings. The summed E-state index contributed by atoms with van der Waals surface area (Å²) in [5, 5.41) is 0. The van der Waals surface area contributed by atoms with Crippen LogP contribution in [0.5, 0.6) is 0 Å². The molecule has 1 heterocycles. The van der Waals surface area contributed by atoms with Gasteiger partial charge in [0, 0.05) is 23.5 Å². The molecule has 0 N–H and O–H groups in total. The second-order valence-electron chi connectivity index (χ2n) is 4.69. The van der Waals surface area contributed by atoms with Crippen molar-refractivity contribution in [2.45, 2.75) is 40.7 Å². The normalized spacial score (nSPS) is 10.8. The quantitative estimate of drug-likeness (QED) is 0.548. The summed E-state index contributed by atoms with van der Waals surface area (Å²) >= 11 is 0. The van der Waals surface area contributed by atoms with Crippen LogP contribution in [0.1, 0.15) is 42.0 Å². The lowest BCUT2D eigenvalue weighted by molar-refractivity contribution is 0.104. The molecule has 0 bridgehead atoms. The van der Waals surface area contributed by atoms with Crippen molar-refractivity contribution in [2.75, 3.05) is 0 Å². The summed E-state index contributed by atoms with van der Waals surface area (Å²) in [5.74, 6) is 0.698. The molecule has 1 aromatic heterocycles. The predicted octanol–water partition coefficient (Wildman–Crippen LogP) is 3.52. The summed E-state index contributed by atoms with van der Waals surface area (Å²) in [6.45, 7) is 13.0. The lowest BCUT2D eigenvalue weighted by atomic mass is 10.1. The molecule has 0 aliphatic carbocycles. The predicted molar refractivity (Wildman–Crippen MR) is 67.9 cm³/mol. The van der Waals surface area contributed by atoms with Crippen molar-refractivity contribution in [3.8, 4) is 0 Å². The van der Waals surface area contributed by atoms with Crippen molar-refractivity contribution >= 4 is 5.78 Å². The molecule has 88 valence electrons. The van der Waals surface area contributed by atoms with Crippen molar-refractivity contribution < 1.29 is 4.79 Å². The topological polar surface area (TPSA) is 22.0 Å². The highest BCUT2D eigenvalue weighted by atomic mass is 16.1. The van der Waals surface area contributed by atoms with Crippen LogP contribution >= 0.6 is 0 Å². The van der Waals surface area contributed by atoms with Gasteiger partial charge in [-0.05, 0) is 38.3 Å². The Hall–Kier alpha value is -1.31. The maximum atomic E-state index is 11.6. The van der Waals surface area contributed by atoms with Gasteiger partial charge in [-0.3, -0.25) is 4.79 Å². The van der Waals surface area contributed by atoms with E-state index in [1.165, 1.54) is 6.08 Å². The molecule has 0 unspecified atom stereocenters. The van der Waals surface area contributed by atoms with Gasteiger partial charge in [-0.15, -0.1) is 0 Å². The second-order valence-corrected chi connectivity index (χ2v) is 4.69. The van der Waals surface area contributed by atoms with E-state index >= 15 is 0 Å². The van der Waals surface area contributed by atoms with Crippen LogP contribution in [0.4, 0.5) is 0 Å². The number of carbonyl (C=O) groups excluding carboxylic acids is 1.